The van der Waals surface area contributed by atoms with Gasteiger partial charge in [0, 0.05) is 37.6 Å². The van der Waals surface area contributed by atoms with E-state index in [9.17, 15) is 4.79 Å². The van der Waals surface area contributed by atoms with E-state index < -0.39 is 5.54 Å². The van der Waals surface area contributed by atoms with Gasteiger partial charge in [0.15, 0.2) is 0 Å². The summed E-state index contributed by atoms with van der Waals surface area (Å²) in [6.45, 7) is 12.9. The Hall–Kier alpha value is -1.59. The largest absolute Gasteiger partial charge is 0.299 e. The van der Waals surface area contributed by atoms with Crippen LogP contribution in [-0.2, 0) is 10.2 Å². The van der Waals surface area contributed by atoms with Crippen LogP contribution in [0.2, 0.25) is 0 Å². The molecular weight excluding hydrogens is 348 g/mol. The number of amides is 1. The number of hydrogen-bond acceptors (Lipinski definition) is 4. The number of rotatable bonds is 4. The highest BCUT2D eigenvalue weighted by atomic mass is 16.2. The first-order chi connectivity index (χ1) is 13.2. The minimum atomic E-state index is -0.419. The third-order valence-corrected chi connectivity index (χ3v) is 7.06. The zero-order valence-electron chi connectivity index (χ0n) is 18.2. The first kappa shape index (κ1) is 19.7. The second-order valence-electron chi connectivity index (χ2n) is 10.2. The Morgan fingerprint density at radius 3 is 2.75 bits per heavy atom. The van der Waals surface area contributed by atoms with Gasteiger partial charge in [0.2, 0.25) is 0 Å². The second-order valence-corrected chi connectivity index (χ2v) is 10.2. The molecule has 5 heteroatoms. The summed E-state index contributed by atoms with van der Waals surface area (Å²) >= 11 is 0. The number of piperidine rings is 1. The molecule has 2 bridgehead atoms. The highest BCUT2D eigenvalue weighted by Gasteiger charge is 2.52. The molecule has 2 fully saturated rings. The molecule has 154 valence electrons. The molecule has 1 amide bonds. The van der Waals surface area contributed by atoms with Crippen LogP contribution in [0.4, 0.5) is 5.69 Å². The van der Waals surface area contributed by atoms with Gasteiger partial charge in [0.05, 0.1) is 5.69 Å². The lowest BCUT2D eigenvalue weighted by Gasteiger charge is -2.55. The van der Waals surface area contributed by atoms with E-state index in [-0.39, 0.29) is 11.3 Å². The molecule has 3 aliphatic heterocycles. The summed E-state index contributed by atoms with van der Waals surface area (Å²) in [7, 11) is 2.16. The number of hydrogen-bond donors (Lipinski definition) is 1. The topological polar surface area (TPSA) is 38.8 Å². The first-order valence-corrected chi connectivity index (χ1v) is 10.9. The molecule has 0 saturated carbocycles. The van der Waals surface area contributed by atoms with Crippen LogP contribution < -0.4 is 10.4 Å². The van der Waals surface area contributed by atoms with Crippen molar-refractivity contribution in [2.75, 3.05) is 38.2 Å². The van der Waals surface area contributed by atoms with E-state index >= 15 is 0 Å². The Balaban J connectivity index is 1.58. The molecular formula is C23H36N4O. The molecule has 3 heterocycles. The van der Waals surface area contributed by atoms with Crippen LogP contribution in [0.15, 0.2) is 24.3 Å². The minimum absolute atomic E-state index is 0.0405. The van der Waals surface area contributed by atoms with Gasteiger partial charge in [-0.3, -0.25) is 25.0 Å². The molecule has 0 radical (unpaired) electrons. The van der Waals surface area contributed by atoms with Crippen molar-refractivity contribution in [3.63, 3.8) is 0 Å². The Morgan fingerprint density at radius 1 is 1.25 bits per heavy atom. The van der Waals surface area contributed by atoms with E-state index in [4.69, 9.17) is 0 Å². The van der Waals surface area contributed by atoms with Crippen molar-refractivity contribution in [2.24, 2.45) is 5.92 Å². The third-order valence-electron chi connectivity index (χ3n) is 7.06. The first-order valence-electron chi connectivity index (χ1n) is 10.9. The van der Waals surface area contributed by atoms with E-state index in [1.807, 2.05) is 0 Å². The van der Waals surface area contributed by atoms with Gasteiger partial charge in [-0.05, 0) is 43.9 Å². The molecule has 5 nitrogen and oxygen atoms in total. The normalized spacial score (nSPS) is 29.8. The summed E-state index contributed by atoms with van der Waals surface area (Å²) in [6, 6.07) is 8.95. The number of para-hydroxylation sites is 1. The number of piperazine rings is 1. The fourth-order valence-electron chi connectivity index (χ4n) is 5.66. The van der Waals surface area contributed by atoms with Gasteiger partial charge in [0.1, 0.15) is 5.54 Å². The second kappa shape index (κ2) is 7.03. The average Bonchev–Trinajstić information content (AvgIpc) is 2.86. The van der Waals surface area contributed by atoms with Crippen LogP contribution in [-0.4, -0.2) is 60.5 Å². The monoisotopic (exact) mass is 384 g/mol. The number of benzene rings is 1. The van der Waals surface area contributed by atoms with Crippen LogP contribution in [0.3, 0.4) is 0 Å². The molecule has 1 N–H and O–H groups in total. The molecule has 1 aromatic rings. The van der Waals surface area contributed by atoms with E-state index in [0.717, 1.165) is 44.7 Å². The summed E-state index contributed by atoms with van der Waals surface area (Å²) in [5.41, 5.74) is 5.41. The number of fused-ring (bicyclic) bond motifs is 3. The van der Waals surface area contributed by atoms with Crippen LogP contribution in [0.1, 0.15) is 52.5 Å². The van der Waals surface area contributed by atoms with Gasteiger partial charge in [0.25, 0.3) is 5.91 Å². The van der Waals surface area contributed by atoms with Gasteiger partial charge in [-0.1, -0.05) is 45.9 Å². The van der Waals surface area contributed by atoms with Crippen LogP contribution >= 0.6 is 0 Å². The lowest BCUT2D eigenvalue weighted by molar-refractivity contribution is -0.146. The fourth-order valence-corrected chi connectivity index (χ4v) is 5.66. The highest BCUT2D eigenvalue weighted by molar-refractivity contribution is 5.89. The lowest BCUT2D eigenvalue weighted by atomic mass is 9.79. The Kier molecular flexibility index (Phi) is 4.95. The summed E-state index contributed by atoms with van der Waals surface area (Å²) in [6.07, 6.45) is 3.28. The van der Waals surface area contributed by atoms with Gasteiger partial charge < -0.3 is 0 Å². The number of hydrazine groups is 1. The van der Waals surface area contributed by atoms with Gasteiger partial charge in [-0.25, -0.2) is 0 Å². The minimum Gasteiger partial charge on any atom is -0.299 e. The summed E-state index contributed by atoms with van der Waals surface area (Å²) < 4.78 is 0. The fraction of sp³-hybridized carbons (Fsp3) is 0.696. The number of nitrogens with one attached hydrogen (secondary N) is 1. The zero-order chi connectivity index (χ0) is 20.1. The highest BCUT2D eigenvalue weighted by Crippen LogP contribution is 2.40. The Bertz CT molecular complexity index is 746. The maximum absolute atomic E-state index is 13.7. The van der Waals surface area contributed by atoms with Crippen molar-refractivity contribution in [3.05, 3.63) is 29.8 Å². The van der Waals surface area contributed by atoms with Crippen molar-refractivity contribution < 1.29 is 4.79 Å². The molecule has 2 atom stereocenters. The van der Waals surface area contributed by atoms with Crippen molar-refractivity contribution in [2.45, 2.75) is 64.0 Å². The number of likely N-dealkylation sites (tertiary alicyclic amines) is 1. The molecule has 2 unspecified atom stereocenters. The molecule has 1 aromatic carbocycles. The van der Waals surface area contributed by atoms with Crippen molar-refractivity contribution in [3.8, 4) is 0 Å². The summed E-state index contributed by atoms with van der Waals surface area (Å²) in [4.78, 5) is 18.6. The number of carbonyl (C=O) groups excluding carboxylic acids is 1. The van der Waals surface area contributed by atoms with E-state index in [0.29, 0.717) is 12.0 Å². The number of likely N-dealkylation sites (N-methyl/N-ethyl adjacent to an activating group) is 1. The molecule has 0 spiro atoms. The van der Waals surface area contributed by atoms with Gasteiger partial charge in [-0.2, -0.15) is 0 Å². The quantitative estimate of drug-likeness (QED) is 0.866. The molecule has 0 aliphatic carbocycles. The van der Waals surface area contributed by atoms with Crippen molar-refractivity contribution in [1.29, 1.82) is 0 Å². The predicted molar refractivity (Wildman–Crippen MR) is 114 cm³/mol. The Morgan fingerprint density at radius 2 is 2.00 bits per heavy atom. The number of carbonyl (C=O) groups is 1. The molecule has 4 rings (SSSR count). The maximum atomic E-state index is 13.7. The Labute approximate surface area is 170 Å². The third kappa shape index (κ3) is 3.22. The average molecular weight is 385 g/mol. The lowest BCUT2D eigenvalue weighted by Crippen LogP contribution is -2.73. The smallest absolute Gasteiger partial charge is 0.260 e. The van der Waals surface area contributed by atoms with Crippen molar-refractivity contribution >= 4 is 11.6 Å². The standard InChI is InChI=1S/C23H36N4O/c1-17(2)13-26-14-18-9-8-12-23(16-26,25(18)5)21(28)24-27-15-22(3,4)19-10-6-7-11-20(19)27/h6-7,10-11,17-18H,8-9,12-16H2,1-5H3,(H,24,28). The SMILES string of the molecule is CC(C)CN1CC2CCCC(C(=O)NN3CC(C)(C)c4ccccc43)(C1)N2C. The molecule has 3 aliphatic rings. The molecule has 28 heavy (non-hydrogen) atoms. The molecule has 0 aromatic heterocycles. The van der Waals surface area contributed by atoms with E-state index in [1.165, 1.54) is 12.0 Å². The van der Waals surface area contributed by atoms with Gasteiger partial charge in [-0.15, -0.1) is 0 Å². The van der Waals surface area contributed by atoms with E-state index in [1.54, 1.807) is 0 Å². The van der Waals surface area contributed by atoms with Crippen molar-refractivity contribution in [1.82, 2.24) is 15.2 Å². The maximum Gasteiger partial charge on any atom is 0.260 e. The van der Waals surface area contributed by atoms with Crippen LogP contribution in [0, 0.1) is 5.92 Å². The van der Waals surface area contributed by atoms with Gasteiger partial charge >= 0.3 is 0 Å². The number of nitrogens with zero attached hydrogens (tertiary/aromatic N) is 3. The predicted octanol–water partition coefficient (Wildman–Crippen LogP) is 3.01. The number of anilines is 1. The summed E-state index contributed by atoms with van der Waals surface area (Å²) in [5.74, 6) is 0.788. The summed E-state index contributed by atoms with van der Waals surface area (Å²) in [5, 5.41) is 2.09. The molecule has 2 saturated heterocycles. The zero-order valence-corrected chi connectivity index (χ0v) is 18.2. The van der Waals surface area contributed by atoms with Crippen LogP contribution in [0.5, 0.6) is 0 Å². The van der Waals surface area contributed by atoms with Crippen LogP contribution in [0.25, 0.3) is 0 Å². The van der Waals surface area contributed by atoms with E-state index in [2.05, 4.69) is 79.2 Å².